The fourth-order valence-electron chi connectivity index (χ4n) is 4.61. The first kappa shape index (κ1) is 23.2. The number of Topliss-reactive ketones (excluding diaryl/α,β-unsaturated/α-hetero) is 1. The largest absolute Gasteiger partial charge is 0.507 e. The van der Waals surface area contributed by atoms with E-state index in [1.54, 1.807) is 61.7 Å². The van der Waals surface area contributed by atoms with E-state index in [-0.39, 0.29) is 23.4 Å². The van der Waals surface area contributed by atoms with Crippen LogP contribution in [0.2, 0.25) is 0 Å². The van der Waals surface area contributed by atoms with Gasteiger partial charge in [-0.1, -0.05) is 24.3 Å². The molecule has 1 saturated heterocycles. The first-order valence-electron chi connectivity index (χ1n) is 11.4. The number of aliphatic hydroxyl groups is 1. The Bertz CT molecular complexity index is 1390. The molecule has 0 radical (unpaired) electrons. The molecule has 5 rings (SSSR count). The van der Waals surface area contributed by atoms with Crippen molar-refractivity contribution in [3.05, 3.63) is 100 Å². The van der Waals surface area contributed by atoms with Crippen molar-refractivity contribution in [2.45, 2.75) is 19.0 Å². The van der Waals surface area contributed by atoms with Gasteiger partial charge in [-0.15, -0.1) is 0 Å². The topological polar surface area (TPSA) is 113 Å². The van der Waals surface area contributed by atoms with Crippen LogP contribution in [0.25, 0.3) is 5.76 Å². The average Bonchev–Trinajstić information content (AvgIpc) is 3.46. The van der Waals surface area contributed by atoms with Crippen molar-refractivity contribution < 1.29 is 34.1 Å². The minimum absolute atomic E-state index is 0.00816. The molecule has 2 N–H and O–H groups in total. The minimum Gasteiger partial charge on any atom is -0.507 e. The minimum atomic E-state index is -1.06. The summed E-state index contributed by atoms with van der Waals surface area (Å²) in [5.41, 5.74) is 2.74. The van der Waals surface area contributed by atoms with Crippen LogP contribution in [0.4, 0.5) is 0 Å². The SMILES string of the molecule is COc1ccc(C2/C(=C(/O)c3ccc4c(c3)CCO4)C(=O)C(=O)N2Cc2ccc(C(=O)O)cc2)cc1. The van der Waals surface area contributed by atoms with Gasteiger partial charge in [0.1, 0.15) is 17.3 Å². The number of carbonyl (C=O) groups excluding carboxylic acids is 2. The average molecular weight is 485 g/mol. The number of methoxy groups -OCH3 is 1. The highest BCUT2D eigenvalue weighted by molar-refractivity contribution is 6.46. The molecule has 0 spiro atoms. The van der Waals surface area contributed by atoms with Crippen molar-refractivity contribution in [1.29, 1.82) is 0 Å². The number of benzene rings is 3. The maximum Gasteiger partial charge on any atom is 0.335 e. The third-order valence-electron chi connectivity index (χ3n) is 6.49. The second-order valence-electron chi connectivity index (χ2n) is 8.62. The number of ether oxygens (including phenoxy) is 2. The predicted molar refractivity (Wildman–Crippen MR) is 130 cm³/mol. The van der Waals surface area contributed by atoms with Gasteiger partial charge in [0.05, 0.1) is 30.9 Å². The Labute approximate surface area is 207 Å². The quantitative estimate of drug-likeness (QED) is 0.309. The summed E-state index contributed by atoms with van der Waals surface area (Å²) in [4.78, 5) is 39.1. The van der Waals surface area contributed by atoms with E-state index < -0.39 is 23.7 Å². The van der Waals surface area contributed by atoms with Gasteiger partial charge in [0.25, 0.3) is 11.7 Å². The summed E-state index contributed by atoms with van der Waals surface area (Å²) >= 11 is 0. The number of rotatable bonds is 6. The highest BCUT2D eigenvalue weighted by Crippen LogP contribution is 2.41. The van der Waals surface area contributed by atoms with Crippen molar-refractivity contribution >= 4 is 23.4 Å². The van der Waals surface area contributed by atoms with Crippen LogP contribution in [-0.2, 0) is 22.6 Å². The molecule has 2 aliphatic rings. The molecule has 2 aliphatic heterocycles. The number of fused-ring (bicyclic) bond motifs is 1. The van der Waals surface area contributed by atoms with Crippen LogP contribution in [-0.4, -0.2) is 46.5 Å². The van der Waals surface area contributed by atoms with Gasteiger partial charge >= 0.3 is 5.97 Å². The number of hydrogen-bond acceptors (Lipinski definition) is 6. The van der Waals surface area contributed by atoms with Crippen LogP contribution < -0.4 is 9.47 Å². The van der Waals surface area contributed by atoms with E-state index in [4.69, 9.17) is 9.47 Å². The third kappa shape index (κ3) is 4.07. The van der Waals surface area contributed by atoms with Crippen molar-refractivity contribution in [3.63, 3.8) is 0 Å². The molecule has 182 valence electrons. The van der Waals surface area contributed by atoms with E-state index in [1.807, 2.05) is 0 Å². The number of carbonyl (C=O) groups is 3. The summed E-state index contributed by atoms with van der Waals surface area (Å²) in [5.74, 6) is -1.49. The zero-order chi connectivity index (χ0) is 25.4. The van der Waals surface area contributed by atoms with E-state index in [2.05, 4.69) is 0 Å². The normalized spacial score (nSPS) is 18.1. The lowest BCUT2D eigenvalue weighted by atomic mass is 9.94. The molecule has 8 heteroatoms. The molecule has 3 aromatic rings. The van der Waals surface area contributed by atoms with Gasteiger partial charge in [-0.25, -0.2) is 4.79 Å². The highest BCUT2D eigenvalue weighted by atomic mass is 16.5. The lowest BCUT2D eigenvalue weighted by molar-refractivity contribution is -0.140. The van der Waals surface area contributed by atoms with Gasteiger partial charge < -0.3 is 24.6 Å². The molecule has 36 heavy (non-hydrogen) atoms. The Balaban J connectivity index is 1.59. The van der Waals surface area contributed by atoms with Crippen LogP contribution in [0, 0.1) is 0 Å². The molecule has 0 saturated carbocycles. The van der Waals surface area contributed by atoms with Gasteiger partial charge in [-0.05, 0) is 59.2 Å². The summed E-state index contributed by atoms with van der Waals surface area (Å²) in [6.07, 6.45) is 0.693. The van der Waals surface area contributed by atoms with E-state index >= 15 is 0 Å². The second-order valence-corrected chi connectivity index (χ2v) is 8.62. The Morgan fingerprint density at radius 2 is 1.69 bits per heavy atom. The van der Waals surface area contributed by atoms with Crippen molar-refractivity contribution in [3.8, 4) is 11.5 Å². The van der Waals surface area contributed by atoms with Gasteiger partial charge in [0.2, 0.25) is 0 Å². The summed E-state index contributed by atoms with van der Waals surface area (Å²) in [6, 6.07) is 17.4. The van der Waals surface area contributed by atoms with Gasteiger partial charge in [0.15, 0.2) is 0 Å². The zero-order valence-corrected chi connectivity index (χ0v) is 19.4. The molecule has 8 nitrogen and oxygen atoms in total. The summed E-state index contributed by atoms with van der Waals surface area (Å²) in [5, 5.41) is 20.5. The predicted octanol–water partition coefficient (Wildman–Crippen LogP) is 3.95. The van der Waals surface area contributed by atoms with Gasteiger partial charge in [-0.2, -0.15) is 0 Å². The van der Waals surface area contributed by atoms with Gasteiger partial charge in [0, 0.05) is 18.5 Å². The summed E-state index contributed by atoms with van der Waals surface area (Å²) < 4.78 is 10.8. The molecule has 3 aromatic carbocycles. The molecule has 1 fully saturated rings. The van der Waals surface area contributed by atoms with Crippen LogP contribution in [0.3, 0.4) is 0 Å². The number of aromatic carboxylic acids is 1. The standard InChI is InChI=1S/C28H23NO7/c1-35-21-9-6-17(7-10-21)24-23(25(30)20-8-11-22-19(14-20)12-13-36-22)26(31)27(32)29(24)15-16-2-4-18(5-3-16)28(33)34/h2-11,14,24,30H,12-13,15H2,1H3,(H,33,34)/b25-23-. The summed E-state index contributed by atoms with van der Waals surface area (Å²) in [7, 11) is 1.54. The molecule has 0 aliphatic carbocycles. The number of ketones is 1. The number of likely N-dealkylation sites (tertiary alicyclic amines) is 1. The third-order valence-corrected chi connectivity index (χ3v) is 6.49. The van der Waals surface area contributed by atoms with Crippen molar-refractivity contribution in [2.75, 3.05) is 13.7 Å². The zero-order valence-electron chi connectivity index (χ0n) is 19.4. The number of nitrogens with zero attached hydrogens (tertiary/aromatic N) is 1. The van der Waals surface area contributed by atoms with Crippen molar-refractivity contribution in [1.82, 2.24) is 4.90 Å². The lowest BCUT2D eigenvalue weighted by Gasteiger charge is -2.25. The first-order valence-corrected chi connectivity index (χ1v) is 11.4. The summed E-state index contributed by atoms with van der Waals surface area (Å²) in [6.45, 7) is 0.604. The van der Waals surface area contributed by atoms with Crippen LogP contribution in [0.15, 0.2) is 72.3 Å². The molecule has 1 atom stereocenters. The molecule has 2 heterocycles. The fraction of sp³-hybridized carbons (Fsp3) is 0.179. The second kappa shape index (κ2) is 9.22. The Morgan fingerprint density at radius 1 is 1.00 bits per heavy atom. The molecule has 1 amide bonds. The number of hydrogen-bond donors (Lipinski definition) is 2. The van der Waals surface area contributed by atoms with E-state index in [0.29, 0.717) is 35.5 Å². The van der Waals surface area contributed by atoms with E-state index in [0.717, 1.165) is 11.3 Å². The molecular weight excluding hydrogens is 462 g/mol. The van der Waals surface area contributed by atoms with Crippen LogP contribution >= 0.6 is 0 Å². The molecular formula is C28H23NO7. The highest BCUT2D eigenvalue weighted by Gasteiger charge is 2.46. The van der Waals surface area contributed by atoms with Crippen LogP contribution in [0.1, 0.15) is 38.7 Å². The Kier molecular flexibility index (Phi) is 5.93. The molecule has 0 aromatic heterocycles. The number of carboxylic acids is 1. The first-order chi connectivity index (χ1) is 17.4. The smallest absolute Gasteiger partial charge is 0.335 e. The molecule has 1 unspecified atom stereocenters. The number of aliphatic hydroxyl groups excluding tert-OH is 1. The van der Waals surface area contributed by atoms with E-state index in [9.17, 15) is 24.6 Å². The van der Waals surface area contributed by atoms with Crippen LogP contribution in [0.5, 0.6) is 11.5 Å². The Hall–Kier alpha value is -4.59. The van der Waals surface area contributed by atoms with Crippen molar-refractivity contribution in [2.24, 2.45) is 0 Å². The Morgan fingerprint density at radius 3 is 2.36 bits per heavy atom. The van der Waals surface area contributed by atoms with E-state index in [1.165, 1.54) is 17.0 Å². The monoisotopic (exact) mass is 485 g/mol. The number of carboxylic acid groups (broad SMARTS) is 1. The maximum atomic E-state index is 13.3. The lowest BCUT2D eigenvalue weighted by Crippen LogP contribution is -2.29. The fourth-order valence-corrected chi connectivity index (χ4v) is 4.61. The molecule has 0 bridgehead atoms. The maximum absolute atomic E-state index is 13.3. The number of amides is 1. The van der Waals surface area contributed by atoms with Gasteiger partial charge in [-0.3, -0.25) is 9.59 Å².